The summed E-state index contributed by atoms with van der Waals surface area (Å²) in [6.07, 6.45) is 16.5. The molecule has 0 amide bonds. The Morgan fingerprint density at radius 1 is 1.12 bits per heavy atom. The van der Waals surface area contributed by atoms with Crippen LogP contribution in [0.25, 0.3) is 0 Å². The van der Waals surface area contributed by atoms with E-state index < -0.39 is 58.3 Å². The van der Waals surface area contributed by atoms with Crippen LogP contribution in [-0.4, -0.2) is 79.7 Å². The van der Waals surface area contributed by atoms with E-state index in [1.807, 2.05) is 18.4 Å². The van der Waals surface area contributed by atoms with Gasteiger partial charge in [0, 0.05) is 23.5 Å². The molecule has 2 heterocycles. The van der Waals surface area contributed by atoms with Crippen LogP contribution in [0.1, 0.15) is 98.3 Å². The number of nitrogens with two attached hydrogens (primary N) is 1. The van der Waals surface area contributed by atoms with Gasteiger partial charge in [-0.25, -0.2) is 0 Å². The zero-order valence-corrected chi connectivity index (χ0v) is 30.5. The fourth-order valence-corrected chi connectivity index (χ4v) is 12.5. The van der Waals surface area contributed by atoms with E-state index in [9.17, 15) is 30.3 Å². The average Bonchev–Trinajstić information content (AvgIpc) is 3.52. The van der Waals surface area contributed by atoms with Crippen molar-refractivity contribution < 1.29 is 35.1 Å². The molecule has 0 radical (unpaired) electrons. The smallest absolute Gasteiger partial charge is 0.159 e. The summed E-state index contributed by atoms with van der Waals surface area (Å²) < 4.78 is 6.26. The Morgan fingerprint density at radius 3 is 2.62 bits per heavy atom. The molecule has 4 fully saturated rings. The summed E-state index contributed by atoms with van der Waals surface area (Å²) in [5, 5.41) is 62.9. The third kappa shape index (κ3) is 5.55. The van der Waals surface area contributed by atoms with Crippen LogP contribution in [0.5, 0.6) is 0 Å². The number of carbonyl (C=O) groups is 1. The normalized spacial score (nSPS) is 48.4. The highest BCUT2D eigenvalue weighted by atomic mass is 16.5. The van der Waals surface area contributed by atoms with Gasteiger partial charge in [0.15, 0.2) is 5.78 Å². The molecule has 5 aliphatic carbocycles. The number of hydrogen-bond donors (Lipinski definition) is 7. The summed E-state index contributed by atoms with van der Waals surface area (Å²) in [7, 11) is 0. The van der Waals surface area contributed by atoms with Crippen LogP contribution in [0.3, 0.4) is 0 Å². The Morgan fingerprint density at radius 2 is 1.90 bits per heavy atom. The monoisotopic (exact) mass is 694 g/mol. The first-order valence-corrected chi connectivity index (χ1v) is 19.6. The van der Waals surface area contributed by atoms with Crippen LogP contribution in [0.15, 0.2) is 47.7 Å². The van der Waals surface area contributed by atoms with Gasteiger partial charge in [-0.15, -0.1) is 0 Å². The van der Waals surface area contributed by atoms with Gasteiger partial charge in [-0.2, -0.15) is 0 Å². The number of hydrogen-bond acceptors (Lipinski definition) is 9. The van der Waals surface area contributed by atoms with Crippen LogP contribution in [-0.2, 0) is 9.53 Å². The molecule has 1 spiro atoms. The van der Waals surface area contributed by atoms with Crippen molar-refractivity contribution in [3.63, 3.8) is 0 Å². The quantitative estimate of drug-likeness (QED) is 0.139. The van der Waals surface area contributed by atoms with Gasteiger partial charge in [0.1, 0.15) is 6.10 Å². The molecule has 0 aromatic heterocycles. The van der Waals surface area contributed by atoms with E-state index in [1.165, 1.54) is 19.3 Å². The lowest BCUT2D eigenvalue weighted by Crippen LogP contribution is -2.66. The van der Waals surface area contributed by atoms with Crippen LogP contribution in [0.2, 0.25) is 0 Å². The molecule has 16 atom stereocenters. The lowest BCUT2D eigenvalue weighted by Gasteiger charge is -2.63. The van der Waals surface area contributed by atoms with Crippen LogP contribution in [0, 0.1) is 52.3 Å². The fraction of sp³-hybridized carbons (Fsp3) is 0.780. The highest BCUT2D eigenvalue weighted by molar-refractivity contribution is 5.95. The summed E-state index contributed by atoms with van der Waals surface area (Å²) in [4.78, 5) is 14.3. The van der Waals surface area contributed by atoms with Gasteiger partial charge in [-0.05, 0) is 110 Å². The highest BCUT2D eigenvalue weighted by Gasteiger charge is 2.72. The first kappa shape index (κ1) is 36.5. The Balaban J connectivity index is 1.23. The third-order valence-electron chi connectivity index (χ3n) is 15.2. The van der Waals surface area contributed by atoms with Crippen molar-refractivity contribution in [3.8, 4) is 0 Å². The van der Waals surface area contributed by atoms with Gasteiger partial charge in [0.2, 0.25) is 0 Å². The SMILES string of the molecule is CCCCCC[C@@H]1CO[C@@H]([C@@H](O)[C@](C)(O)[C@H]2CC[C@@]3(O)C4=CC(=O)[C@@H]5C[C@@H](O)[C@@H](O)C[C@@]56C[C@@H](C5=CNC(N)C=C5)C=C[C@H](C[C@]23C)[C@@H]46)[C@H]1C. The van der Waals surface area contributed by atoms with Gasteiger partial charge in [0.05, 0.1) is 42.3 Å². The van der Waals surface area contributed by atoms with Crippen molar-refractivity contribution in [2.24, 2.45) is 58.0 Å². The van der Waals surface area contributed by atoms with Crippen LogP contribution in [0.4, 0.5) is 0 Å². The molecule has 9 heteroatoms. The van der Waals surface area contributed by atoms with E-state index in [2.05, 4.69) is 38.2 Å². The second-order valence-electron chi connectivity index (χ2n) is 17.9. The first-order chi connectivity index (χ1) is 23.7. The van der Waals surface area contributed by atoms with Crippen LogP contribution < -0.4 is 11.1 Å². The van der Waals surface area contributed by atoms with Crippen LogP contribution >= 0.6 is 0 Å². The van der Waals surface area contributed by atoms with Gasteiger partial charge in [0.25, 0.3) is 0 Å². The van der Waals surface area contributed by atoms with Gasteiger partial charge >= 0.3 is 0 Å². The number of fused-ring (bicyclic) bond motifs is 2. The summed E-state index contributed by atoms with van der Waals surface area (Å²) in [6.45, 7) is 8.70. The molecule has 3 saturated carbocycles. The molecular formula is C41H62N2O7. The number of ether oxygens (including phenoxy) is 1. The zero-order chi connectivity index (χ0) is 35.8. The Kier molecular flexibility index (Phi) is 9.65. The number of rotatable bonds is 9. The molecule has 9 nitrogen and oxygen atoms in total. The maximum Gasteiger partial charge on any atom is 0.159 e. The predicted octanol–water partition coefficient (Wildman–Crippen LogP) is 4.03. The van der Waals surface area contributed by atoms with Gasteiger partial charge in [-0.3, -0.25) is 4.79 Å². The minimum atomic E-state index is -1.55. The second-order valence-corrected chi connectivity index (χ2v) is 17.9. The van der Waals surface area contributed by atoms with E-state index in [4.69, 9.17) is 10.5 Å². The van der Waals surface area contributed by atoms with Crippen molar-refractivity contribution in [2.45, 2.75) is 140 Å². The number of carbonyl (C=O) groups excluding carboxylic acids is 1. The number of allylic oxidation sites excluding steroid dienone is 5. The lowest BCUT2D eigenvalue weighted by atomic mass is 9.42. The average molecular weight is 695 g/mol. The maximum atomic E-state index is 14.3. The van der Waals surface area contributed by atoms with Crippen molar-refractivity contribution >= 4 is 5.78 Å². The summed E-state index contributed by atoms with van der Waals surface area (Å²) in [5.74, 6) is -0.955. The number of unbranched alkanes of at least 4 members (excludes halogenated alkanes) is 3. The number of nitrogens with one attached hydrogen (secondary N) is 1. The Hall–Kier alpha value is -1.85. The van der Waals surface area contributed by atoms with Gasteiger partial charge in [-0.1, -0.05) is 64.7 Å². The lowest BCUT2D eigenvalue weighted by molar-refractivity contribution is -0.200. The molecule has 7 rings (SSSR count). The first-order valence-electron chi connectivity index (χ1n) is 19.6. The maximum absolute atomic E-state index is 14.3. The van der Waals surface area contributed by atoms with Crippen molar-refractivity contribution in [3.05, 3.63) is 47.7 Å². The van der Waals surface area contributed by atoms with Gasteiger partial charge < -0.3 is 41.3 Å². The zero-order valence-electron chi connectivity index (χ0n) is 30.5. The van der Waals surface area contributed by atoms with E-state index in [0.29, 0.717) is 43.8 Å². The largest absolute Gasteiger partial charge is 0.390 e. The number of dihydropyridines is 1. The second kappa shape index (κ2) is 13.2. The molecule has 8 N–H and O–H groups in total. The molecule has 2 aliphatic heterocycles. The molecule has 1 saturated heterocycles. The molecule has 0 aromatic carbocycles. The van der Waals surface area contributed by atoms with E-state index >= 15 is 0 Å². The third-order valence-corrected chi connectivity index (χ3v) is 15.2. The molecule has 50 heavy (non-hydrogen) atoms. The summed E-state index contributed by atoms with van der Waals surface area (Å²) in [5.41, 5.74) is 3.37. The van der Waals surface area contributed by atoms with E-state index in [1.54, 1.807) is 13.0 Å². The van der Waals surface area contributed by atoms with Crippen molar-refractivity contribution in [1.29, 1.82) is 0 Å². The Labute approximate surface area is 298 Å². The van der Waals surface area contributed by atoms with E-state index in [-0.39, 0.29) is 48.5 Å². The Bertz CT molecular complexity index is 1440. The topological polar surface area (TPSA) is 166 Å². The molecule has 7 aliphatic rings. The molecule has 0 aromatic rings. The minimum absolute atomic E-state index is 0.0621. The molecular weight excluding hydrogens is 632 g/mol. The molecule has 278 valence electrons. The minimum Gasteiger partial charge on any atom is -0.390 e. The van der Waals surface area contributed by atoms with E-state index in [0.717, 1.165) is 18.4 Å². The molecule has 0 bridgehead atoms. The van der Waals surface area contributed by atoms with Crippen molar-refractivity contribution in [1.82, 2.24) is 5.32 Å². The standard InChI is InChI=1S/C41H62N2O7/c1-5-6-7-8-9-27-22-50-36(23(27)2)37(47)39(4,48)33-14-15-41(49)29-17-30(44)28-16-31(45)32(46)20-40(28)19-24(26-12-13-34(42)43-21-26)10-11-25(35(29)40)18-38(33,41)3/h10-13,17,21,23-25,27-28,31-37,43,45-49H,5-9,14-16,18-20,22,42H2,1-4H3/t23-,24-,25+,27+,28-,31+,32-,33-,34?,35-,36+,37+,38+,39+,40-,41+/m0/s1. The molecule has 1 unspecified atom stereocenters. The number of ketones is 1. The summed E-state index contributed by atoms with van der Waals surface area (Å²) in [6, 6.07) is 0. The fourth-order valence-electron chi connectivity index (χ4n) is 12.5. The number of aliphatic hydroxyl groups excluding tert-OH is 3. The predicted molar refractivity (Wildman–Crippen MR) is 191 cm³/mol. The number of aliphatic hydroxyl groups is 5. The highest BCUT2D eigenvalue weighted by Crippen LogP contribution is 2.72. The van der Waals surface area contributed by atoms with Crippen molar-refractivity contribution in [2.75, 3.05) is 6.61 Å². The summed E-state index contributed by atoms with van der Waals surface area (Å²) >= 11 is 0.